The molecule has 1 aromatic carbocycles. The predicted molar refractivity (Wildman–Crippen MR) is 85.1 cm³/mol. The summed E-state index contributed by atoms with van der Waals surface area (Å²) in [7, 11) is 0. The number of carbonyl (C=O) groups excluding carboxylic acids is 1. The fourth-order valence-electron chi connectivity index (χ4n) is 2.40. The largest absolute Gasteiger partial charge is 0.371 e. The first-order valence-electron chi connectivity index (χ1n) is 7.08. The first kappa shape index (κ1) is 14.9. The quantitative estimate of drug-likeness (QED) is 0.877. The molecule has 2 unspecified atom stereocenters. The Morgan fingerprint density at radius 1 is 1.26 bits per heavy atom. The summed E-state index contributed by atoms with van der Waals surface area (Å²) in [6.45, 7) is 1.47. The van der Waals surface area contributed by atoms with Crippen LogP contribution in [0.5, 0.6) is 0 Å². The van der Waals surface area contributed by atoms with Crippen molar-refractivity contribution in [2.45, 2.75) is 19.1 Å². The van der Waals surface area contributed by atoms with E-state index in [2.05, 4.69) is 16.2 Å². The van der Waals surface area contributed by atoms with Gasteiger partial charge in [0, 0.05) is 18.0 Å². The lowest BCUT2D eigenvalue weighted by atomic mass is 9.98. The van der Waals surface area contributed by atoms with Crippen molar-refractivity contribution in [1.29, 1.82) is 5.26 Å². The van der Waals surface area contributed by atoms with Crippen molar-refractivity contribution in [3.05, 3.63) is 59.3 Å². The summed E-state index contributed by atoms with van der Waals surface area (Å²) in [6.07, 6.45) is 2.22. The van der Waals surface area contributed by atoms with Gasteiger partial charge in [0.15, 0.2) is 17.8 Å². The van der Waals surface area contributed by atoms with Gasteiger partial charge in [0.2, 0.25) is 0 Å². The van der Waals surface area contributed by atoms with Gasteiger partial charge in [-0.25, -0.2) is 9.99 Å². The maximum absolute atomic E-state index is 11.3. The summed E-state index contributed by atoms with van der Waals surface area (Å²) < 4.78 is 0. The van der Waals surface area contributed by atoms with Crippen molar-refractivity contribution < 1.29 is 9.90 Å². The van der Waals surface area contributed by atoms with Gasteiger partial charge in [0.25, 0.3) is 0 Å². The number of hydrogen-bond donors (Lipinski definition) is 1. The van der Waals surface area contributed by atoms with Crippen molar-refractivity contribution >= 4 is 17.8 Å². The van der Waals surface area contributed by atoms with Crippen LogP contribution in [-0.4, -0.2) is 28.3 Å². The van der Waals surface area contributed by atoms with Crippen LogP contribution in [0.25, 0.3) is 0 Å². The Labute approximate surface area is 133 Å². The Bertz CT molecular complexity index is 791. The van der Waals surface area contributed by atoms with E-state index < -0.39 is 6.23 Å². The van der Waals surface area contributed by atoms with E-state index in [1.165, 1.54) is 18.1 Å². The zero-order valence-corrected chi connectivity index (χ0v) is 12.4. The Hall–Kier alpha value is -3.04. The minimum atomic E-state index is -0.890. The molecule has 0 aliphatic carbocycles. The third-order valence-electron chi connectivity index (χ3n) is 3.74. The van der Waals surface area contributed by atoms with Crippen molar-refractivity contribution in [3.63, 3.8) is 0 Å². The third-order valence-corrected chi connectivity index (χ3v) is 3.74. The number of nitriles is 1. The van der Waals surface area contributed by atoms with Gasteiger partial charge in [-0.05, 0) is 36.8 Å². The summed E-state index contributed by atoms with van der Waals surface area (Å²) in [6, 6.07) is 12.4. The fourth-order valence-corrected chi connectivity index (χ4v) is 2.40. The van der Waals surface area contributed by atoms with Crippen LogP contribution < -0.4 is 5.01 Å². The maximum atomic E-state index is 11.3. The molecule has 0 fully saturated rings. The Kier molecular flexibility index (Phi) is 3.87. The number of nitrogens with zero attached hydrogens (tertiary/aromatic N) is 4. The zero-order chi connectivity index (χ0) is 16.4. The first-order valence-corrected chi connectivity index (χ1v) is 7.08. The van der Waals surface area contributed by atoms with E-state index >= 15 is 0 Å². The van der Waals surface area contributed by atoms with Crippen LogP contribution >= 0.6 is 0 Å². The molecule has 23 heavy (non-hydrogen) atoms. The van der Waals surface area contributed by atoms with E-state index in [0.29, 0.717) is 16.9 Å². The minimum Gasteiger partial charge on any atom is -0.371 e. The Morgan fingerprint density at radius 2 is 2.00 bits per heavy atom. The van der Waals surface area contributed by atoms with Gasteiger partial charge in [-0.3, -0.25) is 4.79 Å². The molecule has 0 radical (unpaired) electrons. The smallest absolute Gasteiger partial charge is 0.161 e. The monoisotopic (exact) mass is 306 g/mol. The molecule has 3 rings (SSSR count). The van der Waals surface area contributed by atoms with Crippen molar-refractivity contribution in [2.75, 3.05) is 5.01 Å². The molecule has 0 saturated carbocycles. The summed E-state index contributed by atoms with van der Waals surface area (Å²) in [5, 5.41) is 24.9. The van der Waals surface area contributed by atoms with Gasteiger partial charge in [-0.1, -0.05) is 12.1 Å². The van der Waals surface area contributed by atoms with E-state index in [9.17, 15) is 9.90 Å². The second kappa shape index (κ2) is 5.99. The summed E-state index contributed by atoms with van der Waals surface area (Å²) in [4.78, 5) is 15.5. The van der Waals surface area contributed by atoms with Crippen molar-refractivity contribution in [1.82, 2.24) is 4.98 Å². The van der Waals surface area contributed by atoms with E-state index in [0.717, 1.165) is 5.56 Å². The molecule has 0 spiro atoms. The van der Waals surface area contributed by atoms with Crippen LogP contribution in [0, 0.1) is 11.3 Å². The summed E-state index contributed by atoms with van der Waals surface area (Å²) in [5.74, 6) is 0.0944. The number of aliphatic hydroxyl groups is 1. The molecular weight excluding hydrogens is 292 g/mol. The van der Waals surface area contributed by atoms with Crippen LogP contribution in [0.3, 0.4) is 0 Å². The van der Waals surface area contributed by atoms with Gasteiger partial charge in [0.1, 0.15) is 0 Å². The third kappa shape index (κ3) is 2.82. The molecule has 0 amide bonds. The average molecular weight is 306 g/mol. The van der Waals surface area contributed by atoms with Gasteiger partial charge in [-0.15, -0.1) is 0 Å². The normalized spacial score (nSPS) is 19.6. The molecule has 1 aromatic heterocycles. The first-order chi connectivity index (χ1) is 11.1. The van der Waals surface area contributed by atoms with Crippen LogP contribution in [0.1, 0.15) is 34.3 Å². The zero-order valence-electron chi connectivity index (χ0n) is 12.4. The summed E-state index contributed by atoms with van der Waals surface area (Å²) >= 11 is 0. The number of aromatic nitrogens is 1. The molecule has 1 aliphatic heterocycles. The van der Waals surface area contributed by atoms with E-state index in [-0.39, 0.29) is 11.7 Å². The molecule has 0 saturated heterocycles. The van der Waals surface area contributed by atoms with Crippen LogP contribution in [0.15, 0.2) is 47.7 Å². The number of rotatable bonds is 3. The molecule has 114 valence electrons. The number of hydrazone groups is 1. The Balaban J connectivity index is 1.81. The topological polar surface area (TPSA) is 89.6 Å². The van der Waals surface area contributed by atoms with Crippen LogP contribution in [0.4, 0.5) is 5.82 Å². The molecule has 1 aliphatic rings. The predicted octanol–water partition coefficient (Wildman–Crippen LogP) is 2.06. The van der Waals surface area contributed by atoms with Crippen LogP contribution in [-0.2, 0) is 0 Å². The van der Waals surface area contributed by atoms with E-state index in [4.69, 9.17) is 5.26 Å². The molecule has 0 bridgehead atoms. The van der Waals surface area contributed by atoms with Crippen molar-refractivity contribution in [2.24, 2.45) is 5.10 Å². The van der Waals surface area contributed by atoms with Crippen molar-refractivity contribution in [3.8, 4) is 6.07 Å². The molecule has 2 atom stereocenters. The number of hydrogen-bond acceptors (Lipinski definition) is 6. The van der Waals surface area contributed by atoms with Gasteiger partial charge in [0.05, 0.1) is 17.6 Å². The standard InChI is InChI=1S/C17H14N4O2/c1-11(22)14-6-7-16(19-9-14)21-17(23)15(10-20-21)13-4-2-12(8-18)3-5-13/h2-7,9-10,15,17,23H,1H3. The second-order valence-corrected chi connectivity index (χ2v) is 5.24. The van der Waals surface area contributed by atoms with E-state index in [1.807, 2.05) is 0 Å². The van der Waals surface area contributed by atoms with Gasteiger partial charge < -0.3 is 5.11 Å². The number of pyridine rings is 1. The minimum absolute atomic E-state index is 0.0648. The summed E-state index contributed by atoms with van der Waals surface area (Å²) in [5.41, 5.74) is 1.94. The highest BCUT2D eigenvalue weighted by Crippen LogP contribution is 2.29. The number of aliphatic hydroxyl groups excluding tert-OH is 1. The SMILES string of the molecule is CC(=O)c1ccc(N2N=CC(c3ccc(C#N)cc3)C2O)nc1. The Morgan fingerprint density at radius 3 is 2.57 bits per heavy atom. The molecule has 6 heteroatoms. The molecule has 2 aromatic rings. The highest BCUT2D eigenvalue weighted by Gasteiger charge is 2.31. The number of ketones is 1. The highest BCUT2D eigenvalue weighted by molar-refractivity contribution is 5.93. The van der Waals surface area contributed by atoms with E-state index in [1.54, 1.807) is 42.6 Å². The highest BCUT2D eigenvalue weighted by atomic mass is 16.3. The lowest BCUT2D eigenvalue weighted by Gasteiger charge is -2.22. The molecule has 2 heterocycles. The number of anilines is 1. The van der Waals surface area contributed by atoms with Gasteiger partial charge >= 0.3 is 0 Å². The number of carbonyl (C=O) groups is 1. The number of benzene rings is 1. The molecular formula is C17H14N4O2. The number of Topliss-reactive ketones (excluding diaryl/α,β-unsaturated/α-hetero) is 1. The van der Waals surface area contributed by atoms with Gasteiger partial charge in [-0.2, -0.15) is 10.4 Å². The average Bonchev–Trinajstić information content (AvgIpc) is 2.96. The molecule has 6 nitrogen and oxygen atoms in total. The van der Waals surface area contributed by atoms with Crippen LogP contribution in [0.2, 0.25) is 0 Å². The molecule has 1 N–H and O–H groups in total. The maximum Gasteiger partial charge on any atom is 0.161 e. The lowest BCUT2D eigenvalue weighted by molar-refractivity contribution is 0.101. The fraction of sp³-hybridized carbons (Fsp3) is 0.176. The second-order valence-electron chi connectivity index (χ2n) is 5.24. The lowest BCUT2D eigenvalue weighted by Crippen LogP contribution is -2.31.